The summed E-state index contributed by atoms with van der Waals surface area (Å²) in [6.45, 7) is 6.79. The minimum Gasteiger partial charge on any atom is -0.389 e. The Labute approximate surface area is 133 Å². The molecule has 0 saturated heterocycles. The molecule has 1 unspecified atom stereocenters. The van der Waals surface area contributed by atoms with Gasteiger partial charge in [-0.25, -0.2) is 0 Å². The molecule has 118 valence electrons. The Morgan fingerprint density at radius 2 is 1.36 bits per heavy atom. The first-order valence-corrected chi connectivity index (χ1v) is 7.65. The molecule has 0 aliphatic carbocycles. The molecule has 0 aromatic heterocycles. The smallest absolute Gasteiger partial charge is 0.0952 e. The van der Waals surface area contributed by atoms with E-state index in [1.54, 1.807) is 0 Å². The van der Waals surface area contributed by atoms with Crippen molar-refractivity contribution >= 4 is 11.4 Å². The van der Waals surface area contributed by atoms with Crippen molar-refractivity contribution in [1.29, 1.82) is 0 Å². The van der Waals surface area contributed by atoms with Gasteiger partial charge in [0.05, 0.1) is 24.9 Å². The number of anilines is 2. The van der Waals surface area contributed by atoms with Crippen molar-refractivity contribution < 1.29 is 9.84 Å². The van der Waals surface area contributed by atoms with Crippen molar-refractivity contribution in [3.05, 3.63) is 60.7 Å². The van der Waals surface area contributed by atoms with Crippen LogP contribution >= 0.6 is 0 Å². The van der Waals surface area contributed by atoms with Gasteiger partial charge >= 0.3 is 0 Å². The van der Waals surface area contributed by atoms with Crippen LogP contribution in [0.3, 0.4) is 0 Å². The third kappa shape index (κ3) is 5.17. The molecule has 0 amide bonds. The van der Waals surface area contributed by atoms with Crippen LogP contribution in [-0.4, -0.2) is 30.0 Å². The van der Waals surface area contributed by atoms with E-state index in [0.29, 0.717) is 13.2 Å². The van der Waals surface area contributed by atoms with Gasteiger partial charge in [-0.05, 0) is 45.0 Å². The summed E-state index contributed by atoms with van der Waals surface area (Å²) in [7, 11) is 0. The molecule has 2 aromatic carbocycles. The lowest BCUT2D eigenvalue weighted by atomic mass is 10.2. The summed E-state index contributed by atoms with van der Waals surface area (Å²) in [4.78, 5) is 2.11. The molecule has 0 heterocycles. The van der Waals surface area contributed by atoms with Crippen molar-refractivity contribution in [2.45, 2.75) is 32.5 Å². The highest BCUT2D eigenvalue weighted by atomic mass is 16.5. The van der Waals surface area contributed by atoms with Gasteiger partial charge in [-0.2, -0.15) is 0 Å². The number of aliphatic hydroxyl groups excluding tert-OH is 1. The van der Waals surface area contributed by atoms with Gasteiger partial charge in [-0.15, -0.1) is 0 Å². The molecule has 3 heteroatoms. The van der Waals surface area contributed by atoms with Crippen molar-refractivity contribution in [3.63, 3.8) is 0 Å². The third-order valence-electron chi connectivity index (χ3n) is 3.24. The quantitative estimate of drug-likeness (QED) is 0.875. The fourth-order valence-corrected chi connectivity index (χ4v) is 2.19. The SMILES string of the molecule is CC(C)(C)OCC(O)CN(c1ccccc1)c1ccccc1. The van der Waals surface area contributed by atoms with Gasteiger partial charge in [-0.3, -0.25) is 0 Å². The summed E-state index contributed by atoms with van der Waals surface area (Å²) in [6, 6.07) is 20.2. The molecule has 2 rings (SSSR count). The van der Waals surface area contributed by atoms with E-state index in [1.165, 1.54) is 0 Å². The Bertz CT molecular complexity index is 509. The fourth-order valence-electron chi connectivity index (χ4n) is 2.19. The van der Waals surface area contributed by atoms with E-state index >= 15 is 0 Å². The summed E-state index contributed by atoms with van der Waals surface area (Å²) in [5.74, 6) is 0. The number of hydrogen-bond donors (Lipinski definition) is 1. The number of aliphatic hydroxyl groups is 1. The van der Waals surface area contributed by atoms with E-state index in [2.05, 4.69) is 4.90 Å². The first kappa shape index (κ1) is 16.5. The molecule has 0 bridgehead atoms. The zero-order chi connectivity index (χ0) is 16.0. The summed E-state index contributed by atoms with van der Waals surface area (Å²) in [5, 5.41) is 10.3. The first-order valence-electron chi connectivity index (χ1n) is 7.65. The van der Waals surface area contributed by atoms with Crippen LogP contribution in [0.1, 0.15) is 20.8 Å². The van der Waals surface area contributed by atoms with Gasteiger partial charge in [-0.1, -0.05) is 36.4 Å². The van der Waals surface area contributed by atoms with Gasteiger partial charge in [0.1, 0.15) is 0 Å². The van der Waals surface area contributed by atoms with Crippen LogP contribution < -0.4 is 4.90 Å². The summed E-state index contributed by atoms with van der Waals surface area (Å²) < 4.78 is 5.69. The first-order chi connectivity index (χ1) is 10.5. The van der Waals surface area contributed by atoms with Crippen LogP contribution in [0.4, 0.5) is 11.4 Å². The third-order valence-corrected chi connectivity index (χ3v) is 3.24. The fraction of sp³-hybridized carbons (Fsp3) is 0.368. The largest absolute Gasteiger partial charge is 0.389 e. The van der Waals surface area contributed by atoms with E-state index in [9.17, 15) is 5.11 Å². The number of benzene rings is 2. The monoisotopic (exact) mass is 299 g/mol. The van der Waals surface area contributed by atoms with E-state index in [1.807, 2.05) is 81.4 Å². The highest BCUT2D eigenvalue weighted by molar-refractivity contribution is 5.63. The summed E-state index contributed by atoms with van der Waals surface area (Å²) in [6.07, 6.45) is -0.556. The van der Waals surface area contributed by atoms with E-state index in [0.717, 1.165) is 11.4 Å². The lowest BCUT2D eigenvalue weighted by Gasteiger charge is -2.29. The van der Waals surface area contributed by atoms with Gasteiger partial charge in [0.25, 0.3) is 0 Å². The number of hydrogen-bond acceptors (Lipinski definition) is 3. The average Bonchev–Trinajstić information content (AvgIpc) is 2.52. The highest BCUT2D eigenvalue weighted by Crippen LogP contribution is 2.25. The van der Waals surface area contributed by atoms with Crippen LogP contribution in [0.25, 0.3) is 0 Å². The van der Waals surface area contributed by atoms with Crippen LogP contribution in [0.15, 0.2) is 60.7 Å². The average molecular weight is 299 g/mol. The van der Waals surface area contributed by atoms with Gasteiger partial charge in [0.15, 0.2) is 0 Å². The number of rotatable bonds is 6. The zero-order valence-electron chi connectivity index (χ0n) is 13.6. The molecule has 0 aliphatic rings. The number of nitrogens with zero attached hydrogens (tertiary/aromatic N) is 1. The van der Waals surface area contributed by atoms with Crippen LogP contribution in [0.2, 0.25) is 0 Å². The second-order valence-corrected chi connectivity index (χ2v) is 6.36. The standard InChI is InChI=1S/C19H25NO2/c1-19(2,3)22-15-18(21)14-20(16-10-6-4-7-11-16)17-12-8-5-9-13-17/h4-13,18,21H,14-15H2,1-3H3. The molecule has 0 saturated carbocycles. The van der Waals surface area contributed by atoms with E-state index < -0.39 is 6.10 Å². The van der Waals surface area contributed by atoms with Crippen LogP contribution in [0, 0.1) is 0 Å². The molecule has 1 atom stereocenters. The van der Waals surface area contributed by atoms with Crippen molar-refractivity contribution in [3.8, 4) is 0 Å². The molecule has 2 aromatic rings. The lowest BCUT2D eigenvalue weighted by Crippen LogP contribution is -2.34. The van der Waals surface area contributed by atoms with Crippen molar-refractivity contribution in [1.82, 2.24) is 0 Å². The minimum atomic E-state index is -0.556. The maximum absolute atomic E-state index is 10.3. The van der Waals surface area contributed by atoms with Crippen LogP contribution in [0.5, 0.6) is 0 Å². The zero-order valence-corrected chi connectivity index (χ0v) is 13.6. The molecular formula is C19H25NO2. The molecule has 22 heavy (non-hydrogen) atoms. The number of ether oxygens (including phenoxy) is 1. The Morgan fingerprint density at radius 1 is 0.909 bits per heavy atom. The Hall–Kier alpha value is -1.84. The Morgan fingerprint density at radius 3 is 1.77 bits per heavy atom. The molecule has 3 nitrogen and oxygen atoms in total. The lowest BCUT2D eigenvalue weighted by molar-refractivity contribution is -0.0459. The highest BCUT2D eigenvalue weighted by Gasteiger charge is 2.17. The Balaban J connectivity index is 2.12. The molecule has 0 fully saturated rings. The van der Waals surface area contributed by atoms with Crippen molar-refractivity contribution in [2.75, 3.05) is 18.1 Å². The number of para-hydroxylation sites is 2. The summed E-state index contributed by atoms with van der Waals surface area (Å²) in [5.41, 5.74) is 1.87. The second-order valence-electron chi connectivity index (χ2n) is 6.36. The Kier molecular flexibility index (Phi) is 5.58. The second kappa shape index (κ2) is 7.43. The van der Waals surface area contributed by atoms with E-state index in [4.69, 9.17) is 4.74 Å². The normalized spacial score (nSPS) is 12.9. The van der Waals surface area contributed by atoms with Crippen molar-refractivity contribution in [2.24, 2.45) is 0 Å². The van der Waals surface area contributed by atoms with Gasteiger partial charge in [0.2, 0.25) is 0 Å². The molecule has 0 radical (unpaired) electrons. The topological polar surface area (TPSA) is 32.7 Å². The molecular weight excluding hydrogens is 274 g/mol. The van der Waals surface area contributed by atoms with Gasteiger partial charge in [0, 0.05) is 11.4 Å². The van der Waals surface area contributed by atoms with Gasteiger partial charge < -0.3 is 14.7 Å². The maximum Gasteiger partial charge on any atom is 0.0952 e. The predicted octanol–water partition coefficient (Wildman–Crippen LogP) is 4.00. The van der Waals surface area contributed by atoms with Crippen LogP contribution in [-0.2, 0) is 4.74 Å². The molecule has 1 N–H and O–H groups in total. The molecule has 0 spiro atoms. The van der Waals surface area contributed by atoms with E-state index in [-0.39, 0.29) is 5.60 Å². The predicted molar refractivity (Wildman–Crippen MR) is 91.6 cm³/mol. The minimum absolute atomic E-state index is 0.245. The molecule has 0 aliphatic heterocycles. The maximum atomic E-state index is 10.3. The summed E-state index contributed by atoms with van der Waals surface area (Å²) >= 11 is 0.